The third kappa shape index (κ3) is 4.69. The molecule has 2 rings (SSSR count). The highest BCUT2D eigenvalue weighted by atomic mass is 16.6. The van der Waals surface area contributed by atoms with E-state index in [1.54, 1.807) is 0 Å². The number of allylic oxidation sites excluding steroid dienone is 2. The lowest BCUT2D eigenvalue weighted by molar-refractivity contribution is -0.147. The van der Waals surface area contributed by atoms with Crippen molar-refractivity contribution in [2.75, 3.05) is 20.6 Å². The van der Waals surface area contributed by atoms with Crippen LogP contribution in [0.5, 0.6) is 0 Å². The molecular weight excluding hydrogens is 306 g/mol. The normalized spacial score (nSPS) is 31.0. The zero-order valence-corrected chi connectivity index (χ0v) is 15.4. The Morgan fingerprint density at radius 1 is 1.25 bits per heavy atom. The molecule has 1 aliphatic carbocycles. The number of nitrogens with zero attached hydrogens (tertiary/aromatic N) is 1. The largest absolute Gasteiger partial charge is 0.458 e. The van der Waals surface area contributed by atoms with E-state index in [1.165, 1.54) is 18.1 Å². The number of carbonyl (C=O) groups is 2. The first-order valence-electron chi connectivity index (χ1n) is 8.65. The van der Waals surface area contributed by atoms with E-state index in [0.29, 0.717) is 6.54 Å². The molecule has 0 aromatic carbocycles. The minimum absolute atomic E-state index is 0.188. The van der Waals surface area contributed by atoms with E-state index in [2.05, 4.69) is 13.8 Å². The summed E-state index contributed by atoms with van der Waals surface area (Å²) in [5, 5.41) is 0. The number of hydrogen-bond acceptors (Lipinski definition) is 5. The van der Waals surface area contributed by atoms with Gasteiger partial charge in [0.1, 0.15) is 12.2 Å². The maximum Gasteiger partial charge on any atom is 0.311 e. The highest BCUT2D eigenvalue weighted by Gasteiger charge is 2.48. The molecule has 1 fully saturated rings. The van der Waals surface area contributed by atoms with Crippen LogP contribution in [-0.4, -0.2) is 49.7 Å². The van der Waals surface area contributed by atoms with Gasteiger partial charge in [0.25, 0.3) is 0 Å². The van der Waals surface area contributed by atoms with Crippen LogP contribution in [0, 0.1) is 11.8 Å². The molecule has 24 heavy (non-hydrogen) atoms. The Kier molecular flexibility index (Phi) is 6.21. The SMILES string of the molecule is CC(=O)O[C@@H]1C=C(C)CCCC(C)=C[C@H]2OC(=O)[C@H](CN(C)C)C12. The van der Waals surface area contributed by atoms with Crippen LogP contribution >= 0.6 is 0 Å². The predicted molar refractivity (Wildman–Crippen MR) is 92.3 cm³/mol. The van der Waals surface area contributed by atoms with Crippen molar-refractivity contribution >= 4 is 11.9 Å². The average Bonchev–Trinajstić information content (AvgIpc) is 2.72. The van der Waals surface area contributed by atoms with Gasteiger partial charge in [-0.25, -0.2) is 0 Å². The molecule has 0 amide bonds. The van der Waals surface area contributed by atoms with Crippen molar-refractivity contribution in [3.8, 4) is 0 Å². The molecule has 0 N–H and O–H groups in total. The molecule has 0 radical (unpaired) electrons. The Morgan fingerprint density at radius 2 is 1.88 bits per heavy atom. The third-order valence-corrected chi connectivity index (χ3v) is 4.68. The standard InChI is InChI=1S/C19H29NO4/c1-12-7-6-8-13(2)10-17-18(16(9-12)23-14(3)21)15(11-20(4)5)19(22)24-17/h9-10,15-18H,6-8,11H2,1-5H3/t15-,16-,17-,18?/m1/s1. The number of hydrogen-bond donors (Lipinski definition) is 0. The quantitative estimate of drug-likeness (QED) is 0.586. The number of fused-ring (bicyclic) bond motifs is 1. The van der Waals surface area contributed by atoms with Crippen LogP contribution in [0.1, 0.15) is 40.0 Å². The summed E-state index contributed by atoms with van der Waals surface area (Å²) in [6, 6.07) is 0. The molecule has 0 aromatic heterocycles. The van der Waals surface area contributed by atoms with E-state index >= 15 is 0 Å². The average molecular weight is 335 g/mol. The molecule has 1 unspecified atom stereocenters. The smallest absolute Gasteiger partial charge is 0.311 e. The van der Waals surface area contributed by atoms with Gasteiger partial charge >= 0.3 is 11.9 Å². The van der Waals surface area contributed by atoms with Gasteiger partial charge in [-0.15, -0.1) is 0 Å². The van der Waals surface area contributed by atoms with E-state index in [-0.39, 0.29) is 29.9 Å². The van der Waals surface area contributed by atoms with E-state index in [0.717, 1.165) is 19.3 Å². The first-order chi connectivity index (χ1) is 11.3. The topological polar surface area (TPSA) is 55.8 Å². The highest BCUT2D eigenvalue weighted by Crippen LogP contribution is 2.36. The van der Waals surface area contributed by atoms with Gasteiger partial charge < -0.3 is 14.4 Å². The van der Waals surface area contributed by atoms with Crippen molar-refractivity contribution in [3.05, 3.63) is 23.3 Å². The fourth-order valence-electron chi connectivity index (χ4n) is 3.63. The molecule has 2 aliphatic rings. The fraction of sp³-hybridized carbons (Fsp3) is 0.684. The van der Waals surface area contributed by atoms with Gasteiger partial charge in [0, 0.05) is 13.5 Å². The van der Waals surface area contributed by atoms with Crippen molar-refractivity contribution in [1.82, 2.24) is 4.90 Å². The van der Waals surface area contributed by atoms with E-state index in [1.807, 2.05) is 31.1 Å². The maximum atomic E-state index is 12.5. The van der Waals surface area contributed by atoms with Gasteiger partial charge in [0.05, 0.1) is 11.8 Å². The summed E-state index contributed by atoms with van der Waals surface area (Å²) in [6.07, 6.45) is 6.28. The van der Waals surface area contributed by atoms with Crippen molar-refractivity contribution in [3.63, 3.8) is 0 Å². The summed E-state index contributed by atoms with van der Waals surface area (Å²) < 4.78 is 11.3. The van der Waals surface area contributed by atoms with Gasteiger partial charge in [0.15, 0.2) is 0 Å². The molecule has 1 heterocycles. The number of ether oxygens (including phenoxy) is 2. The van der Waals surface area contributed by atoms with Crippen molar-refractivity contribution < 1.29 is 19.1 Å². The molecular formula is C19H29NO4. The Bertz CT molecular complexity index is 550. The summed E-state index contributed by atoms with van der Waals surface area (Å²) >= 11 is 0. The van der Waals surface area contributed by atoms with Crippen LogP contribution in [0.4, 0.5) is 0 Å². The molecule has 1 aliphatic heterocycles. The molecule has 0 saturated carbocycles. The Morgan fingerprint density at radius 3 is 2.46 bits per heavy atom. The maximum absolute atomic E-state index is 12.5. The van der Waals surface area contributed by atoms with Gasteiger partial charge in [-0.3, -0.25) is 9.59 Å². The summed E-state index contributed by atoms with van der Waals surface area (Å²) in [5.74, 6) is -1.03. The van der Waals surface area contributed by atoms with Gasteiger partial charge in [-0.2, -0.15) is 0 Å². The second kappa shape index (κ2) is 7.97. The molecule has 5 heteroatoms. The second-order valence-electron chi connectivity index (χ2n) is 7.30. The summed E-state index contributed by atoms with van der Waals surface area (Å²) in [6.45, 7) is 6.13. The van der Waals surface area contributed by atoms with Crippen LogP contribution in [0.3, 0.4) is 0 Å². The van der Waals surface area contributed by atoms with Gasteiger partial charge in [-0.1, -0.05) is 11.1 Å². The Balaban J connectivity index is 2.43. The number of esters is 2. The molecule has 0 aromatic rings. The van der Waals surface area contributed by atoms with Crippen LogP contribution in [0.25, 0.3) is 0 Å². The van der Waals surface area contributed by atoms with Crippen LogP contribution in [-0.2, 0) is 19.1 Å². The number of carbonyl (C=O) groups excluding carboxylic acids is 2. The van der Waals surface area contributed by atoms with E-state index in [4.69, 9.17) is 9.47 Å². The Labute approximate surface area is 144 Å². The second-order valence-corrected chi connectivity index (χ2v) is 7.30. The summed E-state index contributed by atoms with van der Waals surface area (Å²) in [5.41, 5.74) is 2.41. The zero-order chi connectivity index (χ0) is 17.9. The zero-order valence-electron chi connectivity index (χ0n) is 15.4. The van der Waals surface area contributed by atoms with Crippen molar-refractivity contribution in [2.45, 2.75) is 52.2 Å². The Hall–Kier alpha value is -1.62. The molecule has 1 saturated heterocycles. The third-order valence-electron chi connectivity index (χ3n) is 4.68. The lowest BCUT2D eigenvalue weighted by Gasteiger charge is -2.28. The van der Waals surface area contributed by atoms with Crippen LogP contribution in [0.2, 0.25) is 0 Å². The predicted octanol–water partition coefficient (Wildman–Crippen LogP) is 2.71. The summed E-state index contributed by atoms with van der Waals surface area (Å²) in [7, 11) is 3.87. The number of rotatable bonds is 3. The highest BCUT2D eigenvalue weighted by molar-refractivity contribution is 5.76. The van der Waals surface area contributed by atoms with Gasteiger partial charge in [-0.05, 0) is 59.4 Å². The molecule has 4 atom stereocenters. The van der Waals surface area contributed by atoms with Crippen molar-refractivity contribution in [2.24, 2.45) is 11.8 Å². The lowest BCUT2D eigenvalue weighted by Crippen LogP contribution is -2.39. The van der Waals surface area contributed by atoms with Crippen LogP contribution < -0.4 is 0 Å². The van der Waals surface area contributed by atoms with E-state index in [9.17, 15) is 9.59 Å². The first-order valence-corrected chi connectivity index (χ1v) is 8.65. The van der Waals surface area contributed by atoms with Gasteiger partial charge in [0.2, 0.25) is 0 Å². The summed E-state index contributed by atoms with van der Waals surface area (Å²) in [4.78, 5) is 26.1. The van der Waals surface area contributed by atoms with Crippen molar-refractivity contribution in [1.29, 1.82) is 0 Å². The first kappa shape index (κ1) is 18.7. The van der Waals surface area contributed by atoms with Crippen LogP contribution in [0.15, 0.2) is 23.3 Å². The molecule has 134 valence electrons. The van der Waals surface area contributed by atoms with E-state index < -0.39 is 6.10 Å². The molecule has 5 nitrogen and oxygen atoms in total. The minimum atomic E-state index is -0.439. The minimum Gasteiger partial charge on any atom is -0.458 e. The fourth-order valence-corrected chi connectivity index (χ4v) is 3.63. The monoisotopic (exact) mass is 335 g/mol. The molecule has 0 spiro atoms. The molecule has 0 bridgehead atoms. The lowest BCUT2D eigenvalue weighted by atomic mass is 9.82.